The van der Waals surface area contributed by atoms with Gasteiger partial charge in [0.15, 0.2) is 11.5 Å². The second-order valence-corrected chi connectivity index (χ2v) is 6.10. The van der Waals surface area contributed by atoms with E-state index in [1.165, 1.54) is 0 Å². The third-order valence-corrected chi connectivity index (χ3v) is 4.22. The van der Waals surface area contributed by atoms with Crippen molar-refractivity contribution in [2.45, 2.75) is 20.3 Å². The van der Waals surface area contributed by atoms with Crippen LogP contribution < -0.4 is 10.1 Å². The molecule has 4 aromatic rings. The van der Waals surface area contributed by atoms with Gasteiger partial charge in [-0.15, -0.1) is 12.4 Å². The molecule has 0 saturated carbocycles. The zero-order chi connectivity index (χ0) is 18.8. The maximum absolute atomic E-state index is 5.45. The minimum atomic E-state index is 0. The van der Waals surface area contributed by atoms with Crippen LogP contribution in [0.3, 0.4) is 0 Å². The first-order chi connectivity index (χ1) is 13.2. The highest BCUT2D eigenvalue weighted by Crippen LogP contribution is 2.35. The van der Waals surface area contributed by atoms with Crippen molar-refractivity contribution in [2.75, 3.05) is 12.4 Å². The van der Waals surface area contributed by atoms with Crippen LogP contribution in [-0.2, 0) is 6.42 Å². The molecule has 0 bridgehead atoms. The number of benzene rings is 1. The first-order valence-corrected chi connectivity index (χ1v) is 8.68. The molecule has 0 fully saturated rings. The van der Waals surface area contributed by atoms with Gasteiger partial charge in [0.25, 0.3) is 5.89 Å². The largest absolute Gasteiger partial charge is 0.497 e. The van der Waals surface area contributed by atoms with Gasteiger partial charge in [0, 0.05) is 35.5 Å². The number of anilines is 2. The molecule has 7 nitrogen and oxygen atoms in total. The molecule has 28 heavy (non-hydrogen) atoms. The van der Waals surface area contributed by atoms with Gasteiger partial charge in [0.1, 0.15) is 5.75 Å². The van der Waals surface area contributed by atoms with Crippen molar-refractivity contribution >= 4 is 34.8 Å². The average Bonchev–Trinajstić information content (AvgIpc) is 3.17. The van der Waals surface area contributed by atoms with Crippen LogP contribution in [0.1, 0.15) is 18.4 Å². The highest BCUT2D eigenvalue weighted by Gasteiger charge is 2.17. The Hall–Kier alpha value is -3.19. The summed E-state index contributed by atoms with van der Waals surface area (Å²) in [5, 5.41) is 8.32. The molecule has 0 aliphatic carbocycles. The normalized spacial score (nSPS) is 10.5. The number of nitrogens with one attached hydrogen (secondary N) is 1. The molecule has 3 aromatic heterocycles. The third kappa shape index (κ3) is 3.75. The maximum atomic E-state index is 5.45. The minimum absolute atomic E-state index is 0. The van der Waals surface area contributed by atoms with Crippen LogP contribution >= 0.6 is 12.4 Å². The van der Waals surface area contributed by atoms with Gasteiger partial charge in [-0.3, -0.25) is 0 Å². The van der Waals surface area contributed by atoms with E-state index in [1.54, 1.807) is 13.3 Å². The van der Waals surface area contributed by atoms with Crippen LogP contribution in [0.4, 0.5) is 11.4 Å². The Balaban J connectivity index is 0.00000225. The second-order valence-electron chi connectivity index (χ2n) is 6.10. The van der Waals surface area contributed by atoms with E-state index in [9.17, 15) is 0 Å². The minimum Gasteiger partial charge on any atom is -0.497 e. The van der Waals surface area contributed by atoms with Gasteiger partial charge in [-0.25, -0.2) is 9.97 Å². The molecule has 1 aromatic carbocycles. The Kier molecular flexibility index (Phi) is 5.75. The van der Waals surface area contributed by atoms with E-state index in [4.69, 9.17) is 9.26 Å². The van der Waals surface area contributed by atoms with Crippen molar-refractivity contribution < 1.29 is 9.26 Å². The van der Waals surface area contributed by atoms with Gasteiger partial charge in [-0.2, -0.15) is 4.98 Å². The quantitative estimate of drug-likeness (QED) is 0.521. The number of halogens is 1. The predicted octanol–water partition coefficient (Wildman–Crippen LogP) is 4.72. The summed E-state index contributed by atoms with van der Waals surface area (Å²) in [6.45, 7) is 3.92. The molecule has 3 heterocycles. The topological polar surface area (TPSA) is 86.0 Å². The van der Waals surface area contributed by atoms with Crippen molar-refractivity contribution in [3.8, 4) is 17.2 Å². The van der Waals surface area contributed by atoms with Crippen LogP contribution in [0.15, 0.2) is 47.1 Å². The molecule has 1 N–H and O–H groups in total. The first kappa shape index (κ1) is 19.6. The number of ether oxygens (including phenoxy) is 1. The number of hydrogen-bond acceptors (Lipinski definition) is 7. The van der Waals surface area contributed by atoms with E-state index < -0.39 is 0 Å². The number of aromatic nitrogens is 4. The maximum Gasteiger partial charge on any atom is 0.261 e. The number of hydrogen-bond donors (Lipinski definition) is 1. The summed E-state index contributed by atoms with van der Waals surface area (Å²) in [5.41, 5.74) is 3.97. The van der Waals surface area contributed by atoms with Crippen molar-refractivity contribution in [1.82, 2.24) is 20.1 Å². The van der Waals surface area contributed by atoms with Gasteiger partial charge in [-0.05, 0) is 31.2 Å². The molecule has 0 aliphatic rings. The summed E-state index contributed by atoms with van der Waals surface area (Å²) in [6, 6.07) is 11.7. The van der Waals surface area contributed by atoms with Crippen molar-refractivity contribution in [3.05, 3.63) is 54.1 Å². The monoisotopic (exact) mass is 397 g/mol. The van der Waals surface area contributed by atoms with E-state index in [2.05, 4.69) is 25.4 Å². The summed E-state index contributed by atoms with van der Waals surface area (Å²) < 4.78 is 10.8. The van der Waals surface area contributed by atoms with Crippen molar-refractivity contribution in [3.63, 3.8) is 0 Å². The molecular weight excluding hydrogens is 378 g/mol. The summed E-state index contributed by atoms with van der Waals surface area (Å²) >= 11 is 0. The van der Waals surface area contributed by atoms with E-state index >= 15 is 0 Å². The van der Waals surface area contributed by atoms with E-state index in [-0.39, 0.29) is 12.4 Å². The SMILES string of the molecule is CCc1noc(-c2cnc3nc(C)ccc3c2Nc2cccc(OC)c2)n1.Cl. The lowest BCUT2D eigenvalue weighted by Crippen LogP contribution is -1.99. The number of rotatable bonds is 5. The summed E-state index contributed by atoms with van der Waals surface area (Å²) in [4.78, 5) is 13.5. The summed E-state index contributed by atoms with van der Waals surface area (Å²) in [5.74, 6) is 1.84. The molecule has 4 rings (SSSR count). The zero-order valence-electron chi connectivity index (χ0n) is 15.8. The lowest BCUT2D eigenvalue weighted by atomic mass is 10.1. The fraction of sp³-hybridized carbons (Fsp3) is 0.200. The van der Waals surface area contributed by atoms with Crippen molar-refractivity contribution in [2.24, 2.45) is 0 Å². The van der Waals surface area contributed by atoms with Gasteiger partial charge < -0.3 is 14.6 Å². The smallest absolute Gasteiger partial charge is 0.261 e. The molecule has 0 unspecified atom stereocenters. The highest BCUT2D eigenvalue weighted by atomic mass is 35.5. The van der Waals surface area contributed by atoms with Crippen LogP contribution in [0.25, 0.3) is 22.5 Å². The van der Waals surface area contributed by atoms with Crippen LogP contribution in [0, 0.1) is 6.92 Å². The Bertz CT molecular complexity index is 1110. The van der Waals surface area contributed by atoms with Gasteiger partial charge in [0.05, 0.1) is 18.4 Å². The Morgan fingerprint density at radius 1 is 1.14 bits per heavy atom. The molecule has 0 saturated heterocycles. The lowest BCUT2D eigenvalue weighted by Gasteiger charge is -2.13. The number of nitrogens with zero attached hydrogens (tertiary/aromatic N) is 4. The summed E-state index contributed by atoms with van der Waals surface area (Å²) in [6.07, 6.45) is 2.41. The molecule has 0 atom stereocenters. The molecule has 8 heteroatoms. The zero-order valence-corrected chi connectivity index (χ0v) is 16.6. The molecule has 0 spiro atoms. The number of fused-ring (bicyclic) bond motifs is 1. The first-order valence-electron chi connectivity index (χ1n) is 8.68. The second kappa shape index (κ2) is 8.22. The highest BCUT2D eigenvalue weighted by molar-refractivity contribution is 5.98. The van der Waals surface area contributed by atoms with Crippen molar-refractivity contribution in [1.29, 1.82) is 0 Å². The van der Waals surface area contributed by atoms with Crippen LogP contribution in [0.2, 0.25) is 0 Å². The van der Waals surface area contributed by atoms with Gasteiger partial charge >= 0.3 is 0 Å². The van der Waals surface area contributed by atoms with Crippen LogP contribution in [0.5, 0.6) is 5.75 Å². The number of methoxy groups -OCH3 is 1. The number of pyridine rings is 2. The van der Waals surface area contributed by atoms with E-state index in [0.29, 0.717) is 23.8 Å². The molecule has 0 amide bonds. The van der Waals surface area contributed by atoms with Crippen LogP contribution in [-0.4, -0.2) is 27.2 Å². The van der Waals surface area contributed by atoms with Gasteiger partial charge in [0.2, 0.25) is 0 Å². The van der Waals surface area contributed by atoms with Gasteiger partial charge in [-0.1, -0.05) is 18.1 Å². The number of aryl methyl sites for hydroxylation is 2. The standard InChI is InChI=1S/C20H19N5O2.ClH/c1-4-17-24-20(27-25-17)16-11-21-19-15(9-8-12(2)22-19)18(16)23-13-6-5-7-14(10-13)26-3;/h5-11H,4H2,1-3H3,(H,21,22,23);1H. The summed E-state index contributed by atoms with van der Waals surface area (Å²) in [7, 11) is 1.64. The Labute approximate surface area is 168 Å². The molecular formula is C20H20ClN5O2. The average molecular weight is 398 g/mol. The fourth-order valence-electron chi connectivity index (χ4n) is 2.82. The predicted molar refractivity (Wildman–Crippen MR) is 110 cm³/mol. The Morgan fingerprint density at radius 3 is 2.75 bits per heavy atom. The lowest BCUT2D eigenvalue weighted by molar-refractivity contribution is 0.415. The molecule has 0 radical (unpaired) electrons. The Morgan fingerprint density at radius 2 is 2.00 bits per heavy atom. The molecule has 0 aliphatic heterocycles. The van der Waals surface area contributed by atoms with E-state index in [0.717, 1.165) is 33.8 Å². The van der Waals surface area contributed by atoms with E-state index in [1.807, 2.05) is 50.2 Å². The fourth-order valence-corrected chi connectivity index (χ4v) is 2.82. The molecule has 144 valence electrons. The third-order valence-electron chi connectivity index (χ3n) is 4.22.